The number of carbonyl (C=O) groups is 5. The molecule has 2 bridgehead atoms. The summed E-state index contributed by atoms with van der Waals surface area (Å²) >= 11 is 0. The molecular weight excluding hydrogens is 660 g/mol. The van der Waals surface area contributed by atoms with Gasteiger partial charge in [0, 0.05) is 43.3 Å². The monoisotopic (exact) mass is 684 g/mol. The summed E-state index contributed by atoms with van der Waals surface area (Å²) in [4.78, 5) is 99.8. The van der Waals surface area contributed by atoms with E-state index in [1.807, 2.05) is 4.90 Å². The fourth-order valence-corrected chi connectivity index (χ4v) is 9.42. The summed E-state index contributed by atoms with van der Waals surface area (Å²) in [5.41, 5.74) is -1.89. The highest BCUT2D eigenvalue weighted by atomic mass is 16.6. The minimum Gasteiger partial charge on any atom is -0.332 e. The first-order valence-corrected chi connectivity index (χ1v) is 16.0. The van der Waals surface area contributed by atoms with E-state index in [4.69, 9.17) is 0 Å². The molecule has 5 heterocycles. The number of carbonyl (C=O) groups excluding carboxylic acids is 5. The predicted octanol–water partition coefficient (Wildman–Crippen LogP) is 3.86. The number of rotatable bonds is 5. The average Bonchev–Trinajstić information content (AvgIpc) is 3.78. The second-order valence-corrected chi connectivity index (χ2v) is 13.2. The molecule has 5 aliphatic rings. The van der Waals surface area contributed by atoms with Crippen LogP contribution in [0.1, 0.15) is 27.9 Å². The van der Waals surface area contributed by atoms with Crippen molar-refractivity contribution in [2.45, 2.75) is 17.6 Å². The number of fused-ring (bicyclic) bond motifs is 5. The molecule has 4 aromatic carbocycles. The van der Waals surface area contributed by atoms with Gasteiger partial charge in [-0.15, -0.1) is 0 Å². The Labute approximate surface area is 287 Å². The normalized spacial score (nSPS) is 27.2. The van der Waals surface area contributed by atoms with Crippen molar-refractivity contribution >= 4 is 58.0 Å². The first-order valence-electron chi connectivity index (χ1n) is 16.0. The minimum atomic E-state index is -1.68. The molecule has 0 aliphatic carbocycles. The van der Waals surface area contributed by atoms with E-state index in [1.54, 1.807) is 55.6 Å². The molecular formula is C36H24N6O9. The van der Waals surface area contributed by atoms with Gasteiger partial charge in [-0.2, -0.15) is 0 Å². The van der Waals surface area contributed by atoms with Gasteiger partial charge in [0.15, 0.2) is 5.66 Å². The van der Waals surface area contributed by atoms with Crippen LogP contribution in [0.15, 0.2) is 97.1 Å². The largest absolute Gasteiger partial charge is 0.332 e. The molecule has 15 nitrogen and oxygen atoms in total. The number of benzene rings is 4. The molecule has 4 unspecified atom stereocenters. The molecule has 5 amide bonds. The van der Waals surface area contributed by atoms with Gasteiger partial charge < -0.3 is 9.80 Å². The van der Waals surface area contributed by atoms with Gasteiger partial charge in [-0.3, -0.25) is 49.1 Å². The van der Waals surface area contributed by atoms with Crippen molar-refractivity contribution in [3.8, 4) is 0 Å². The van der Waals surface area contributed by atoms with Crippen LogP contribution in [-0.2, 0) is 30.4 Å². The minimum absolute atomic E-state index is 0.0816. The van der Waals surface area contributed by atoms with Gasteiger partial charge in [0.25, 0.3) is 17.3 Å². The van der Waals surface area contributed by atoms with Crippen LogP contribution in [0.2, 0.25) is 0 Å². The molecule has 3 saturated heterocycles. The predicted molar refractivity (Wildman–Crippen MR) is 177 cm³/mol. The zero-order chi connectivity index (χ0) is 35.7. The van der Waals surface area contributed by atoms with Crippen LogP contribution >= 0.6 is 0 Å². The molecule has 15 heteroatoms. The summed E-state index contributed by atoms with van der Waals surface area (Å²) in [6.45, 7) is 0. The number of hydrogen-bond donors (Lipinski definition) is 0. The van der Waals surface area contributed by atoms with Crippen LogP contribution in [0.4, 0.5) is 28.4 Å². The van der Waals surface area contributed by atoms with Gasteiger partial charge in [0.05, 0.1) is 55.8 Å². The lowest BCUT2D eigenvalue weighted by Gasteiger charge is -2.52. The smallest absolute Gasteiger partial charge is 0.269 e. The van der Waals surface area contributed by atoms with Crippen molar-refractivity contribution in [1.82, 2.24) is 4.90 Å². The van der Waals surface area contributed by atoms with Crippen molar-refractivity contribution in [1.29, 1.82) is 0 Å². The Balaban J connectivity index is 1.31. The zero-order valence-electron chi connectivity index (χ0n) is 26.5. The first-order chi connectivity index (χ1) is 24.5. The molecule has 0 radical (unpaired) electrons. The molecule has 4 aromatic rings. The van der Waals surface area contributed by atoms with E-state index in [1.165, 1.54) is 53.4 Å². The molecule has 0 N–H and O–H groups in total. The van der Waals surface area contributed by atoms with Crippen molar-refractivity contribution in [3.63, 3.8) is 0 Å². The number of imide groups is 2. The Morgan fingerprint density at radius 1 is 0.647 bits per heavy atom. The van der Waals surface area contributed by atoms with E-state index >= 15 is 4.79 Å². The average molecular weight is 685 g/mol. The molecule has 9 rings (SSSR count). The van der Waals surface area contributed by atoms with Crippen LogP contribution in [0, 0.1) is 38.0 Å². The van der Waals surface area contributed by atoms with E-state index in [-0.39, 0.29) is 34.7 Å². The zero-order valence-corrected chi connectivity index (χ0v) is 26.5. The lowest BCUT2D eigenvalue weighted by atomic mass is 9.62. The standard InChI is InChI=1S/C36H24N6O9/c1-37-31(44)23-6-2-5-9-27(23)40-35(26-18-28(43)38(32(26)45)19-10-14-21(15-11-19)41(48)49)24-7-3-4-8-25(24)36(37,40)30-29(35)33(46)39(34(30)47)20-12-16-22(17-13-20)42(50)51/h2-17,26,29-30H,18H2,1H3/t26-,29?,30?,35?,36?/m0/s1. The van der Waals surface area contributed by atoms with Gasteiger partial charge in [0.1, 0.15) is 0 Å². The quantitative estimate of drug-likeness (QED) is 0.170. The number of nitrogens with zero attached hydrogens (tertiary/aromatic N) is 6. The molecule has 51 heavy (non-hydrogen) atoms. The summed E-state index contributed by atoms with van der Waals surface area (Å²) in [5, 5.41) is 22.8. The molecule has 0 saturated carbocycles. The number of anilines is 3. The highest BCUT2D eigenvalue weighted by Crippen LogP contribution is 2.74. The van der Waals surface area contributed by atoms with Gasteiger partial charge in [-0.1, -0.05) is 36.4 Å². The van der Waals surface area contributed by atoms with Crippen LogP contribution in [0.25, 0.3) is 0 Å². The van der Waals surface area contributed by atoms with E-state index < -0.39 is 68.3 Å². The SMILES string of the molecule is CN1C(=O)c2ccccc2N2C3([C@H]4CC(=O)N(c5ccc([N+](=O)[O-])cc5)C4=O)c4ccccc4C12C1C(=O)N(c2ccc([N+](=O)[O-])cc2)C(=O)C13. The van der Waals surface area contributed by atoms with Gasteiger partial charge in [0.2, 0.25) is 23.6 Å². The Bertz CT molecular complexity index is 2330. The van der Waals surface area contributed by atoms with Crippen LogP contribution < -0.4 is 14.7 Å². The highest BCUT2D eigenvalue weighted by Gasteiger charge is 2.85. The summed E-state index contributed by atoms with van der Waals surface area (Å²) in [6, 6.07) is 23.7. The topological polar surface area (TPSA) is 185 Å². The Kier molecular flexibility index (Phi) is 5.88. The van der Waals surface area contributed by atoms with Gasteiger partial charge in [-0.25, -0.2) is 4.90 Å². The number of nitro benzene ring substituents is 2. The maximum atomic E-state index is 15.0. The summed E-state index contributed by atoms with van der Waals surface area (Å²) < 4.78 is 0. The Hall–Kier alpha value is -6.77. The second-order valence-electron chi connectivity index (χ2n) is 13.2. The van der Waals surface area contributed by atoms with Crippen LogP contribution in [0.5, 0.6) is 0 Å². The van der Waals surface area contributed by atoms with Crippen LogP contribution in [-0.4, -0.2) is 51.3 Å². The molecule has 0 aromatic heterocycles. The van der Waals surface area contributed by atoms with Crippen LogP contribution in [0.3, 0.4) is 0 Å². The van der Waals surface area contributed by atoms with Crippen molar-refractivity contribution in [2.75, 3.05) is 21.7 Å². The van der Waals surface area contributed by atoms with E-state index in [0.29, 0.717) is 16.8 Å². The number of non-ortho nitro benzene ring substituents is 2. The molecule has 252 valence electrons. The molecule has 5 aliphatic heterocycles. The first kappa shape index (κ1) is 30.3. The van der Waals surface area contributed by atoms with E-state index in [2.05, 4.69) is 0 Å². The number of amides is 5. The lowest BCUT2D eigenvalue weighted by molar-refractivity contribution is -0.385. The van der Waals surface area contributed by atoms with Crippen molar-refractivity contribution < 1.29 is 33.8 Å². The summed E-state index contributed by atoms with van der Waals surface area (Å²) in [7, 11) is 1.55. The fraction of sp³-hybridized carbons (Fsp3) is 0.194. The van der Waals surface area contributed by atoms with E-state index in [9.17, 15) is 39.4 Å². The third kappa shape index (κ3) is 3.39. The molecule has 3 fully saturated rings. The lowest BCUT2D eigenvalue weighted by Crippen LogP contribution is -2.64. The number of hydrogen-bond acceptors (Lipinski definition) is 10. The number of nitro groups is 2. The van der Waals surface area contributed by atoms with Crippen molar-refractivity contribution in [3.05, 3.63) is 134 Å². The summed E-state index contributed by atoms with van der Waals surface area (Å²) in [5.74, 6) is -6.86. The third-order valence-electron chi connectivity index (χ3n) is 11.2. The van der Waals surface area contributed by atoms with E-state index in [0.717, 1.165) is 9.80 Å². The second kappa shape index (κ2) is 9.90. The third-order valence-corrected chi connectivity index (χ3v) is 11.2. The summed E-state index contributed by atoms with van der Waals surface area (Å²) in [6.07, 6.45) is -0.376. The Morgan fingerprint density at radius 2 is 1.18 bits per heavy atom. The molecule has 5 atom stereocenters. The number of para-hydroxylation sites is 1. The Morgan fingerprint density at radius 3 is 1.78 bits per heavy atom. The van der Waals surface area contributed by atoms with Crippen molar-refractivity contribution in [2.24, 2.45) is 17.8 Å². The maximum Gasteiger partial charge on any atom is 0.269 e. The fourth-order valence-electron chi connectivity index (χ4n) is 9.42. The highest BCUT2D eigenvalue weighted by molar-refractivity contribution is 6.27. The maximum absolute atomic E-state index is 15.0. The molecule has 0 spiro atoms. The van der Waals surface area contributed by atoms with Gasteiger partial charge in [-0.05, 0) is 42.0 Å². The van der Waals surface area contributed by atoms with Gasteiger partial charge >= 0.3 is 0 Å².